The van der Waals surface area contributed by atoms with E-state index < -0.39 is 17.1 Å². The number of carbonyl (C=O) groups is 1. The summed E-state index contributed by atoms with van der Waals surface area (Å²) in [6.07, 6.45) is -0.880. The summed E-state index contributed by atoms with van der Waals surface area (Å²) >= 11 is 0. The predicted molar refractivity (Wildman–Crippen MR) is 86.1 cm³/mol. The highest BCUT2D eigenvalue weighted by Crippen LogP contribution is 2.43. The second-order valence-electron chi connectivity index (χ2n) is 5.15. The molecule has 3 rings (SSSR count). The van der Waals surface area contributed by atoms with Gasteiger partial charge in [0, 0.05) is 11.6 Å². The van der Waals surface area contributed by atoms with Crippen molar-refractivity contribution < 1.29 is 29.0 Å². The Balaban J connectivity index is 1.95. The topological polar surface area (TPSA) is 120 Å². The average Bonchev–Trinajstić information content (AvgIpc) is 2.91. The highest BCUT2D eigenvalue weighted by Gasteiger charge is 2.36. The van der Waals surface area contributed by atoms with Crippen LogP contribution in [-0.2, 0) is 4.74 Å². The van der Waals surface area contributed by atoms with Crippen LogP contribution in [0.3, 0.4) is 0 Å². The largest absolute Gasteiger partial charge is 0.506 e. The summed E-state index contributed by atoms with van der Waals surface area (Å²) in [7, 11) is 2.86. The van der Waals surface area contributed by atoms with Crippen molar-refractivity contribution in [2.24, 2.45) is 0 Å². The Morgan fingerprint density at radius 3 is 2.60 bits per heavy atom. The second kappa shape index (κ2) is 6.19. The minimum atomic E-state index is -0.880. The summed E-state index contributed by atoms with van der Waals surface area (Å²) < 4.78 is 15.7. The number of phenols is 1. The van der Waals surface area contributed by atoms with Crippen LogP contribution in [0.25, 0.3) is 0 Å². The summed E-state index contributed by atoms with van der Waals surface area (Å²) in [5.41, 5.74) is 0.658. The van der Waals surface area contributed by atoms with Gasteiger partial charge in [-0.3, -0.25) is 10.1 Å². The molecule has 2 N–H and O–H groups in total. The lowest BCUT2D eigenvalue weighted by Crippen LogP contribution is -2.10. The highest BCUT2D eigenvalue weighted by atomic mass is 16.6. The van der Waals surface area contributed by atoms with Crippen LogP contribution in [0.2, 0.25) is 0 Å². The number of nitro groups is 1. The Kier molecular flexibility index (Phi) is 4.05. The van der Waals surface area contributed by atoms with E-state index in [0.29, 0.717) is 11.3 Å². The molecule has 0 unspecified atom stereocenters. The molecule has 25 heavy (non-hydrogen) atoms. The van der Waals surface area contributed by atoms with Crippen molar-refractivity contribution in [3.8, 4) is 17.2 Å². The third-order valence-corrected chi connectivity index (χ3v) is 3.77. The number of carbonyl (C=O) groups excluding carboxylic acids is 1. The van der Waals surface area contributed by atoms with E-state index in [9.17, 15) is 20.0 Å². The molecule has 9 heteroatoms. The van der Waals surface area contributed by atoms with E-state index in [-0.39, 0.29) is 28.4 Å². The zero-order chi connectivity index (χ0) is 18.1. The van der Waals surface area contributed by atoms with Gasteiger partial charge in [0.25, 0.3) is 5.69 Å². The van der Waals surface area contributed by atoms with Crippen LogP contribution in [0.5, 0.6) is 17.2 Å². The van der Waals surface area contributed by atoms with Gasteiger partial charge in [-0.1, -0.05) is 0 Å². The van der Waals surface area contributed by atoms with Crippen LogP contribution in [0.15, 0.2) is 30.3 Å². The summed E-state index contributed by atoms with van der Waals surface area (Å²) in [5, 5.41) is 23.5. The van der Waals surface area contributed by atoms with Crippen molar-refractivity contribution in [1.29, 1.82) is 0 Å². The summed E-state index contributed by atoms with van der Waals surface area (Å²) in [6.45, 7) is 0. The Morgan fingerprint density at radius 2 is 2.00 bits per heavy atom. The quantitative estimate of drug-likeness (QED) is 0.367. The molecule has 9 nitrogen and oxygen atoms in total. The van der Waals surface area contributed by atoms with E-state index in [0.717, 1.165) is 6.07 Å². The molecule has 1 atom stereocenters. The lowest BCUT2D eigenvalue weighted by atomic mass is 10.1. The number of non-ortho nitro benzene ring substituents is 1. The van der Waals surface area contributed by atoms with Crippen LogP contribution in [0.4, 0.5) is 11.4 Å². The number of ether oxygens (including phenoxy) is 3. The zero-order valence-electron chi connectivity index (χ0n) is 13.3. The van der Waals surface area contributed by atoms with E-state index >= 15 is 0 Å². The molecule has 1 aliphatic heterocycles. The Labute approximate surface area is 141 Å². The van der Waals surface area contributed by atoms with Crippen LogP contribution < -0.4 is 14.8 Å². The van der Waals surface area contributed by atoms with E-state index in [1.165, 1.54) is 26.4 Å². The lowest BCUT2D eigenvalue weighted by Gasteiger charge is -2.15. The van der Waals surface area contributed by atoms with Crippen molar-refractivity contribution in [1.82, 2.24) is 0 Å². The van der Waals surface area contributed by atoms with Gasteiger partial charge in [-0.25, -0.2) is 4.79 Å². The molecule has 0 aromatic heterocycles. The number of methoxy groups -OCH3 is 2. The smallest absolute Gasteiger partial charge is 0.344 e. The molecular weight excluding hydrogens is 332 g/mol. The minimum Gasteiger partial charge on any atom is -0.506 e. The first-order valence-corrected chi connectivity index (χ1v) is 7.16. The number of nitrogens with one attached hydrogen (secondary N) is 1. The Morgan fingerprint density at radius 1 is 1.24 bits per heavy atom. The number of anilines is 1. The fraction of sp³-hybridized carbons (Fsp3) is 0.188. The molecule has 2 aromatic carbocycles. The minimum absolute atomic E-state index is 0.186. The number of cyclic esters (lactones) is 1. The number of hydrogen-bond donors (Lipinski definition) is 2. The van der Waals surface area contributed by atoms with Gasteiger partial charge in [0.2, 0.25) is 6.23 Å². The van der Waals surface area contributed by atoms with Gasteiger partial charge in [0.1, 0.15) is 11.3 Å². The molecule has 0 saturated heterocycles. The third kappa shape index (κ3) is 2.75. The number of rotatable bonds is 5. The Hall–Kier alpha value is -3.49. The molecule has 0 saturated carbocycles. The number of hydrogen-bond acceptors (Lipinski definition) is 8. The fourth-order valence-electron chi connectivity index (χ4n) is 2.60. The normalized spacial score (nSPS) is 15.3. The van der Waals surface area contributed by atoms with Gasteiger partial charge in [0.15, 0.2) is 11.5 Å². The monoisotopic (exact) mass is 346 g/mol. The van der Waals surface area contributed by atoms with Gasteiger partial charge < -0.3 is 24.6 Å². The van der Waals surface area contributed by atoms with Crippen molar-refractivity contribution in [2.45, 2.75) is 6.23 Å². The number of nitro benzene ring substituents is 1. The molecule has 2 aromatic rings. The Bertz CT molecular complexity index is 866. The number of phenolic OH excluding ortho intramolecular Hbond substituents is 1. The predicted octanol–water partition coefficient (Wildman–Crippen LogP) is 2.60. The van der Waals surface area contributed by atoms with Gasteiger partial charge in [-0.2, -0.15) is 0 Å². The van der Waals surface area contributed by atoms with Crippen LogP contribution >= 0.6 is 0 Å². The molecule has 0 aliphatic carbocycles. The summed E-state index contributed by atoms with van der Waals surface area (Å²) in [4.78, 5) is 22.3. The number of nitrogens with zero attached hydrogens (tertiary/aromatic N) is 1. The van der Waals surface area contributed by atoms with Crippen molar-refractivity contribution in [2.75, 3.05) is 19.5 Å². The van der Waals surface area contributed by atoms with Crippen molar-refractivity contribution in [3.05, 3.63) is 51.6 Å². The molecule has 1 heterocycles. The van der Waals surface area contributed by atoms with E-state index in [2.05, 4.69) is 5.32 Å². The van der Waals surface area contributed by atoms with Crippen LogP contribution in [0, 0.1) is 10.1 Å². The molecule has 0 fully saturated rings. The first kappa shape index (κ1) is 16.4. The third-order valence-electron chi connectivity index (χ3n) is 3.77. The number of fused-ring (bicyclic) bond motifs is 1. The first-order valence-electron chi connectivity index (χ1n) is 7.16. The van der Waals surface area contributed by atoms with E-state index in [1.54, 1.807) is 12.1 Å². The number of esters is 1. The summed E-state index contributed by atoms with van der Waals surface area (Å²) in [6, 6.07) is 6.84. The first-order chi connectivity index (χ1) is 12.0. The van der Waals surface area contributed by atoms with Gasteiger partial charge in [0.05, 0.1) is 30.9 Å². The van der Waals surface area contributed by atoms with Crippen molar-refractivity contribution >= 4 is 17.3 Å². The maximum absolute atomic E-state index is 12.2. The average molecular weight is 346 g/mol. The van der Waals surface area contributed by atoms with Crippen LogP contribution in [-0.4, -0.2) is 30.2 Å². The molecular formula is C16H14N2O7. The maximum atomic E-state index is 12.2. The second-order valence-corrected chi connectivity index (χ2v) is 5.15. The number of aromatic hydroxyl groups is 1. The van der Waals surface area contributed by atoms with E-state index in [4.69, 9.17) is 14.2 Å². The number of benzene rings is 2. The fourth-order valence-corrected chi connectivity index (χ4v) is 2.60. The molecule has 130 valence electrons. The van der Waals surface area contributed by atoms with Crippen molar-refractivity contribution in [3.63, 3.8) is 0 Å². The maximum Gasteiger partial charge on any atom is 0.344 e. The lowest BCUT2D eigenvalue weighted by molar-refractivity contribution is -0.384. The molecule has 0 radical (unpaired) electrons. The standard InChI is InChI=1S/C16H14N2O7/c1-23-12-6-4-9-13(14(12)24-2)16(20)25-15(9)17-10-5-3-8(18(21)22)7-11(10)19/h3-7,15,17,19H,1-2H3/t15-/m0/s1. The molecule has 0 bridgehead atoms. The van der Waals surface area contributed by atoms with Gasteiger partial charge in [-0.15, -0.1) is 0 Å². The van der Waals surface area contributed by atoms with Crippen LogP contribution in [0.1, 0.15) is 22.1 Å². The SMILES string of the molecule is COc1ccc2c(c1OC)C(=O)O[C@@H]2Nc1ccc([N+](=O)[O-])cc1O. The van der Waals surface area contributed by atoms with Gasteiger partial charge >= 0.3 is 5.97 Å². The highest BCUT2D eigenvalue weighted by molar-refractivity contribution is 5.98. The zero-order valence-corrected chi connectivity index (χ0v) is 13.3. The molecule has 0 spiro atoms. The van der Waals surface area contributed by atoms with E-state index in [1.807, 2.05) is 0 Å². The summed E-state index contributed by atoms with van der Waals surface area (Å²) in [5.74, 6) is -0.303. The molecule has 0 amide bonds. The van der Waals surface area contributed by atoms with Gasteiger partial charge in [-0.05, 0) is 18.2 Å². The molecule has 1 aliphatic rings.